The fourth-order valence-corrected chi connectivity index (χ4v) is 2.83. The van der Waals surface area contributed by atoms with Gasteiger partial charge in [-0.05, 0) is 31.1 Å². The summed E-state index contributed by atoms with van der Waals surface area (Å²) < 4.78 is 0. The maximum Gasteiger partial charge on any atom is 0.212 e. The van der Waals surface area contributed by atoms with Gasteiger partial charge in [0.25, 0.3) is 0 Å². The average Bonchev–Trinajstić information content (AvgIpc) is 2.51. The molecule has 0 fully saturated rings. The first kappa shape index (κ1) is 16.2. The monoisotopic (exact) mass is 311 g/mol. The molecule has 0 radical (unpaired) electrons. The van der Waals surface area contributed by atoms with Crippen LogP contribution in [0.2, 0.25) is 0 Å². The van der Waals surface area contributed by atoms with Gasteiger partial charge in [-0.2, -0.15) is 0 Å². The van der Waals surface area contributed by atoms with Gasteiger partial charge in [-0.1, -0.05) is 48.2 Å². The van der Waals surface area contributed by atoms with Crippen LogP contribution in [0.5, 0.6) is 0 Å². The zero-order valence-electron chi connectivity index (χ0n) is 12.7. The molecule has 1 aromatic rings. The normalized spacial score (nSPS) is 20.7. The first-order chi connectivity index (χ1) is 10.5. The molecule has 1 unspecified atom stereocenters. The van der Waals surface area contributed by atoms with Crippen LogP contribution in [0.15, 0.2) is 48.2 Å². The van der Waals surface area contributed by atoms with E-state index < -0.39 is 10.5 Å². The zero-order chi connectivity index (χ0) is 16.2. The van der Waals surface area contributed by atoms with Crippen LogP contribution in [-0.4, -0.2) is 15.6 Å². The number of benzene rings is 1. The zero-order valence-corrected chi connectivity index (χ0v) is 13.4. The second-order valence-corrected chi connectivity index (χ2v) is 5.76. The molecule has 2 rings (SSSR count). The molecule has 2 nitrogen and oxygen atoms in total. The molecule has 0 bridgehead atoms. The van der Waals surface area contributed by atoms with Crippen molar-refractivity contribution in [1.82, 2.24) is 0 Å². The van der Waals surface area contributed by atoms with Crippen LogP contribution in [0.4, 0.5) is 0 Å². The van der Waals surface area contributed by atoms with Gasteiger partial charge in [0.05, 0.1) is 0 Å². The largest absolute Gasteiger partial charge is 0.400 e. The van der Waals surface area contributed by atoms with Crippen LogP contribution in [-0.2, 0) is 0 Å². The van der Waals surface area contributed by atoms with Gasteiger partial charge in [0.2, 0.25) is 5.60 Å². The van der Waals surface area contributed by atoms with Crippen LogP contribution in [0.3, 0.4) is 0 Å². The first-order valence-electron chi connectivity index (χ1n) is 6.98. The summed E-state index contributed by atoms with van der Waals surface area (Å²) in [5.74, 6) is 10.9. The highest BCUT2D eigenvalue weighted by molar-refractivity contribution is 6.28. The summed E-state index contributed by atoms with van der Waals surface area (Å²) in [5.41, 5.74) is 6.77. The molecule has 0 spiro atoms. The van der Waals surface area contributed by atoms with E-state index in [4.69, 9.17) is 17.3 Å². The van der Waals surface area contributed by atoms with E-state index >= 15 is 0 Å². The van der Waals surface area contributed by atoms with Crippen molar-refractivity contribution in [3.63, 3.8) is 0 Å². The van der Waals surface area contributed by atoms with Crippen LogP contribution < -0.4 is 5.73 Å². The van der Waals surface area contributed by atoms with Crippen LogP contribution >= 0.6 is 11.6 Å². The third-order valence-corrected chi connectivity index (χ3v) is 4.31. The molecule has 0 amide bonds. The Labute approximate surface area is 136 Å². The predicted octanol–water partition coefficient (Wildman–Crippen LogP) is 3.07. The van der Waals surface area contributed by atoms with Crippen molar-refractivity contribution in [3.8, 4) is 23.7 Å². The third kappa shape index (κ3) is 2.77. The molecule has 0 heterocycles. The minimum absolute atomic E-state index is 0.348. The summed E-state index contributed by atoms with van der Waals surface area (Å²) in [6, 6.07) is 9.85. The van der Waals surface area contributed by atoms with Crippen molar-refractivity contribution in [3.05, 3.63) is 53.7 Å². The number of allylic oxidation sites excluding steroid dienone is 3. The molecule has 3 heteroatoms. The minimum atomic E-state index is -1.70. The standard InChI is InChI=1S/C19H18ClNO/c1-3-12-18(22,13-4-2)19(20)14-16(10-11-17(19)21)15-8-6-5-7-9-15/h5-11,22H,14,21H2,1-2H3. The smallest absolute Gasteiger partial charge is 0.212 e. The Morgan fingerprint density at radius 3 is 2.27 bits per heavy atom. The van der Waals surface area contributed by atoms with Crippen molar-refractivity contribution < 1.29 is 5.11 Å². The van der Waals surface area contributed by atoms with E-state index in [0.29, 0.717) is 12.1 Å². The number of nitrogens with two attached hydrogens (primary N) is 1. The number of hydrogen-bond acceptors (Lipinski definition) is 2. The fourth-order valence-electron chi connectivity index (χ4n) is 2.52. The predicted molar refractivity (Wildman–Crippen MR) is 91.7 cm³/mol. The average molecular weight is 312 g/mol. The summed E-state index contributed by atoms with van der Waals surface area (Å²) in [6.45, 7) is 3.28. The van der Waals surface area contributed by atoms with Gasteiger partial charge < -0.3 is 10.8 Å². The van der Waals surface area contributed by atoms with Gasteiger partial charge in [-0.15, -0.1) is 23.4 Å². The van der Waals surface area contributed by atoms with Gasteiger partial charge in [0.1, 0.15) is 4.87 Å². The summed E-state index contributed by atoms with van der Waals surface area (Å²) in [6.07, 6.45) is 3.99. The molecule has 22 heavy (non-hydrogen) atoms. The van der Waals surface area contributed by atoms with Crippen molar-refractivity contribution in [1.29, 1.82) is 0 Å². The Hall–Kier alpha value is -2.13. The number of rotatable bonds is 2. The lowest BCUT2D eigenvalue weighted by Gasteiger charge is -2.39. The molecule has 0 saturated heterocycles. The summed E-state index contributed by atoms with van der Waals surface area (Å²) in [5, 5.41) is 10.9. The highest BCUT2D eigenvalue weighted by Gasteiger charge is 2.51. The SMILES string of the molecule is CC#CC(O)(C#CC)C1(Cl)CC(c2ccccc2)=CC=C1N. The van der Waals surface area contributed by atoms with E-state index in [9.17, 15) is 5.11 Å². The fraction of sp³-hybridized carbons (Fsp3) is 0.263. The number of halogens is 1. The van der Waals surface area contributed by atoms with E-state index in [0.717, 1.165) is 11.1 Å². The molecule has 1 aliphatic rings. The highest BCUT2D eigenvalue weighted by Crippen LogP contribution is 2.44. The van der Waals surface area contributed by atoms with E-state index in [1.54, 1.807) is 19.9 Å². The van der Waals surface area contributed by atoms with Gasteiger partial charge in [-0.3, -0.25) is 0 Å². The van der Waals surface area contributed by atoms with Crippen molar-refractivity contribution in [2.45, 2.75) is 30.7 Å². The molecule has 3 N–H and O–H groups in total. The summed E-state index contributed by atoms with van der Waals surface area (Å²) in [4.78, 5) is -1.28. The Balaban J connectivity index is 2.51. The maximum absolute atomic E-state index is 10.9. The summed E-state index contributed by atoms with van der Waals surface area (Å²) >= 11 is 6.75. The van der Waals surface area contributed by atoms with Crippen molar-refractivity contribution in [2.24, 2.45) is 5.73 Å². The molecule has 1 aromatic carbocycles. The van der Waals surface area contributed by atoms with Gasteiger partial charge in [0, 0.05) is 12.1 Å². The molecular formula is C19H18ClNO. The second kappa shape index (κ2) is 6.32. The lowest BCUT2D eigenvalue weighted by molar-refractivity contribution is 0.126. The van der Waals surface area contributed by atoms with Crippen molar-refractivity contribution in [2.75, 3.05) is 0 Å². The number of aliphatic hydroxyl groups is 1. The van der Waals surface area contributed by atoms with Crippen LogP contribution in [0.1, 0.15) is 25.8 Å². The third-order valence-electron chi connectivity index (χ3n) is 3.69. The lowest BCUT2D eigenvalue weighted by Crippen LogP contribution is -2.52. The van der Waals surface area contributed by atoms with Crippen molar-refractivity contribution >= 4 is 17.2 Å². The van der Waals surface area contributed by atoms with Gasteiger partial charge >= 0.3 is 0 Å². The summed E-state index contributed by atoms with van der Waals surface area (Å²) in [7, 11) is 0. The van der Waals surface area contributed by atoms with E-state index in [-0.39, 0.29) is 0 Å². The molecule has 0 aromatic heterocycles. The molecule has 1 atom stereocenters. The van der Waals surface area contributed by atoms with Crippen LogP contribution in [0.25, 0.3) is 5.57 Å². The van der Waals surface area contributed by atoms with Gasteiger partial charge in [-0.25, -0.2) is 0 Å². The first-order valence-corrected chi connectivity index (χ1v) is 7.36. The highest BCUT2D eigenvalue weighted by atomic mass is 35.5. The second-order valence-electron chi connectivity index (χ2n) is 5.12. The Kier molecular flexibility index (Phi) is 4.67. The maximum atomic E-state index is 10.9. The minimum Gasteiger partial charge on any atom is -0.400 e. The molecule has 112 valence electrons. The molecule has 0 aliphatic heterocycles. The topological polar surface area (TPSA) is 46.2 Å². The number of hydrogen-bond donors (Lipinski definition) is 2. The van der Waals surface area contributed by atoms with E-state index in [1.165, 1.54) is 0 Å². The lowest BCUT2D eigenvalue weighted by atomic mass is 9.76. The Bertz CT molecular complexity index is 720. The number of alkyl halides is 1. The van der Waals surface area contributed by atoms with E-state index in [2.05, 4.69) is 23.7 Å². The van der Waals surface area contributed by atoms with Gasteiger partial charge in [0.15, 0.2) is 0 Å². The van der Waals surface area contributed by atoms with Crippen LogP contribution in [0, 0.1) is 23.7 Å². The Morgan fingerprint density at radius 1 is 1.14 bits per heavy atom. The molecule has 1 aliphatic carbocycles. The Morgan fingerprint density at radius 2 is 1.73 bits per heavy atom. The molecule has 0 saturated carbocycles. The van der Waals surface area contributed by atoms with E-state index in [1.807, 2.05) is 36.4 Å². The molecular weight excluding hydrogens is 294 g/mol. The quantitative estimate of drug-likeness (QED) is 0.651.